The molecule has 2 aliphatic heterocycles. The number of primary amides is 1. The van der Waals surface area contributed by atoms with Gasteiger partial charge in [0.15, 0.2) is 5.69 Å². The normalized spacial score (nSPS) is 27.0. The molecule has 174 valence electrons. The van der Waals surface area contributed by atoms with Gasteiger partial charge in [-0.3, -0.25) is 14.4 Å². The molecular formula is C25H25N5O4. The van der Waals surface area contributed by atoms with Crippen molar-refractivity contribution in [3.05, 3.63) is 65.4 Å². The van der Waals surface area contributed by atoms with E-state index in [9.17, 15) is 14.4 Å². The van der Waals surface area contributed by atoms with Gasteiger partial charge in [-0.1, -0.05) is 0 Å². The van der Waals surface area contributed by atoms with E-state index in [1.165, 1.54) is 31.4 Å². The molecule has 0 radical (unpaired) electrons. The van der Waals surface area contributed by atoms with Crippen molar-refractivity contribution in [2.75, 3.05) is 30.0 Å². The molecule has 0 aliphatic carbocycles. The zero-order chi connectivity index (χ0) is 34.5. The molecule has 5 rings (SSSR count). The molecular weight excluding hydrogens is 434 g/mol. The summed E-state index contributed by atoms with van der Waals surface area (Å²) in [5.41, 5.74) is 2.37. The highest BCUT2D eigenvalue weighted by Crippen LogP contribution is 2.31. The molecule has 9 heteroatoms. The number of fused-ring (bicyclic) bond motifs is 1. The Labute approximate surface area is 213 Å². The smallest absolute Gasteiger partial charge is 0.277 e. The number of nitrogens with two attached hydrogens (primary N) is 1. The van der Waals surface area contributed by atoms with Crippen LogP contribution in [0.1, 0.15) is 62.2 Å². The molecule has 0 spiro atoms. The van der Waals surface area contributed by atoms with Crippen LogP contribution in [0.2, 0.25) is 0 Å². The lowest BCUT2D eigenvalue weighted by Gasteiger charge is -2.29. The molecule has 34 heavy (non-hydrogen) atoms. The third-order valence-corrected chi connectivity index (χ3v) is 5.13. The first-order valence-corrected chi connectivity index (χ1v) is 9.95. The highest BCUT2D eigenvalue weighted by Gasteiger charge is 2.34. The van der Waals surface area contributed by atoms with Crippen molar-refractivity contribution in [3.63, 3.8) is 0 Å². The van der Waals surface area contributed by atoms with Crippen LogP contribution in [0.5, 0.6) is 5.75 Å². The van der Waals surface area contributed by atoms with Crippen LogP contribution in [0.15, 0.2) is 48.4 Å². The highest BCUT2D eigenvalue weighted by atomic mass is 16.5. The predicted molar refractivity (Wildman–Crippen MR) is 127 cm³/mol. The number of anilines is 2. The predicted octanol–water partition coefficient (Wildman–Crippen LogP) is 2.70. The zero-order valence-corrected chi connectivity index (χ0v) is 17.7. The third kappa shape index (κ3) is 3.68. The van der Waals surface area contributed by atoms with Crippen molar-refractivity contribution >= 4 is 29.1 Å². The lowest BCUT2D eigenvalue weighted by Crippen LogP contribution is -2.39. The molecule has 2 aromatic carbocycles. The van der Waals surface area contributed by atoms with E-state index in [0.29, 0.717) is 10.6 Å². The van der Waals surface area contributed by atoms with Crippen LogP contribution >= 0.6 is 0 Å². The van der Waals surface area contributed by atoms with Gasteiger partial charge in [-0.25, -0.2) is 4.68 Å². The van der Waals surface area contributed by atoms with Gasteiger partial charge in [-0.15, -0.1) is 0 Å². The number of nitrogens with zero attached hydrogens (tertiary/aromatic N) is 4. The summed E-state index contributed by atoms with van der Waals surface area (Å²) in [5.74, 6) is -3.17. The second-order valence-electron chi connectivity index (χ2n) is 7.13. The number of aromatic nitrogens is 2. The third-order valence-electron chi connectivity index (χ3n) is 5.13. The van der Waals surface area contributed by atoms with Gasteiger partial charge in [0.25, 0.3) is 11.8 Å². The lowest BCUT2D eigenvalue weighted by molar-refractivity contribution is -0.119. The van der Waals surface area contributed by atoms with Gasteiger partial charge >= 0.3 is 0 Å². The van der Waals surface area contributed by atoms with E-state index in [0.717, 1.165) is 4.68 Å². The number of piperidine rings is 1. The van der Waals surface area contributed by atoms with Crippen LogP contribution in [0.25, 0.3) is 5.69 Å². The van der Waals surface area contributed by atoms with Crippen molar-refractivity contribution in [1.29, 1.82) is 0 Å². The molecule has 2 aliphatic rings. The number of ether oxygens (including phenoxy) is 1. The van der Waals surface area contributed by atoms with Gasteiger partial charge in [0.1, 0.15) is 11.4 Å². The largest absolute Gasteiger partial charge is 0.497 e. The van der Waals surface area contributed by atoms with Crippen LogP contribution in [-0.4, -0.2) is 47.7 Å². The average Bonchev–Trinajstić information content (AvgIpc) is 3.38. The monoisotopic (exact) mass is 471 g/mol. The van der Waals surface area contributed by atoms with Crippen LogP contribution < -0.4 is 20.3 Å². The van der Waals surface area contributed by atoms with E-state index in [1.807, 2.05) is 0 Å². The van der Waals surface area contributed by atoms with Crippen molar-refractivity contribution in [1.82, 2.24) is 9.78 Å². The molecule has 1 aromatic heterocycles. The maximum Gasteiger partial charge on any atom is 0.277 e. The first-order valence-electron chi connectivity index (χ1n) is 16.0. The van der Waals surface area contributed by atoms with E-state index in [2.05, 4.69) is 5.10 Å². The molecule has 3 heterocycles. The molecule has 9 nitrogen and oxygen atoms in total. The van der Waals surface area contributed by atoms with Crippen LogP contribution in [-0.2, 0) is 11.2 Å². The minimum absolute atomic E-state index is 0.0478. The van der Waals surface area contributed by atoms with Gasteiger partial charge in [0, 0.05) is 47.4 Å². The van der Waals surface area contributed by atoms with Gasteiger partial charge in [0.2, 0.25) is 5.91 Å². The van der Waals surface area contributed by atoms with Gasteiger partial charge in [-0.05, 0) is 67.6 Å². The molecule has 0 saturated carbocycles. The minimum Gasteiger partial charge on any atom is -0.497 e. The fourth-order valence-corrected chi connectivity index (χ4v) is 3.49. The SMILES string of the molecule is [2H]c1c([2H])c(N2C(=O)CC([2H])([2H])C([2H])([2H])C2([2H])[2H])c([2H])c([2H])c1N1CC([2H])([2H])c2c(C(N)=O)nn(-c3ccc(OC)cc3)c2C1=O. The Balaban J connectivity index is 1.72. The number of rotatable bonds is 5. The summed E-state index contributed by atoms with van der Waals surface area (Å²) >= 11 is 0. The molecule has 0 bridgehead atoms. The van der Waals surface area contributed by atoms with Gasteiger partial charge in [0.05, 0.1) is 18.3 Å². The Bertz CT molecular complexity index is 1800. The van der Waals surface area contributed by atoms with E-state index < -0.39 is 109 Å². The van der Waals surface area contributed by atoms with E-state index in [1.54, 1.807) is 0 Å². The Morgan fingerprint density at radius 3 is 2.38 bits per heavy atom. The number of amides is 3. The maximum absolute atomic E-state index is 14.1. The Morgan fingerprint density at radius 1 is 1.06 bits per heavy atom. The molecule has 1 fully saturated rings. The summed E-state index contributed by atoms with van der Waals surface area (Å²) < 4.78 is 107. The van der Waals surface area contributed by atoms with Crippen LogP contribution in [0.3, 0.4) is 0 Å². The molecule has 0 atom stereocenters. The fraction of sp³-hybridized carbons (Fsp3) is 0.280. The maximum atomic E-state index is 14.1. The lowest BCUT2D eigenvalue weighted by atomic mass is 10.0. The van der Waals surface area contributed by atoms with E-state index >= 15 is 0 Å². The number of carbonyl (C=O) groups excluding carboxylic acids is 3. The summed E-state index contributed by atoms with van der Waals surface area (Å²) in [5, 5.41) is 4.09. The van der Waals surface area contributed by atoms with Gasteiger partial charge in [-0.2, -0.15) is 5.10 Å². The zero-order valence-electron chi connectivity index (χ0n) is 29.7. The summed E-state index contributed by atoms with van der Waals surface area (Å²) in [6, 6.07) is 1.74. The highest BCUT2D eigenvalue weighted by molar-refractivity contribution is 6.09. The quantitative estimate of drug-likeness (QED) is 0.615. The van der Waals surface area contributed by atoms with E-state index in [4.69, 9.17) is 26.9 Å². The number of hydrogen-bond acceptors (Lipinski definition) is 5. The molecule has 1 saturated heterocycles. The Kier molecular flexibility index (Phi) is 3.01. The standard InChI is InChI=1S/C25H25N5O4/c1-34-19-11-9-18(10-12-19)30-23-20(22(27-30)24(26)32)13-15-29(25(23)33)17-7-5-16(6-8-17)28-14-3-2-4-21(28)31/h5-12H,2-4,13-15H2,1H3,(H2,26,32)/i2D2,3D2,5D,6D,7D,8D,13D2,14D2. The summed E-state index contributed by atoms with van der Waals surface area (Å²) in [6.45, 7) is -4.42. The number of benzene rings is 2. The van der Waals surface area contributed by atoms with Crippen molar-refractivity contribution in [2.45, 2.75) is 25.5 Å². The summed E-state index contributed by atoms with van der Waals surface area (Å²) in [7, 11) is 1.42. The van der Waals surface area contributed by atoms with Crippen LogP contribution in [0.4, 0.5) is 11.4 Å². The number of hydrogen-bond donors (Lipinski definition) is 1. The topological polar surface area (TPSA) is 111 Å². The number of carbonyl (C=O) groups is 3. The van der Waals surface area contributed by atoms with Crippen LogP contribution in [0, 0.1) is 0 Å². The minimum atomic E-state index is -3.48. The molecule has 3 amide bonds. The first kappa shape index (κ1) is 11.8. The Morgan fingerprint density at radius 2 is 1.74 bits per heavy atom. The average molecular weight is 472 g/mol. The molecule has 0 unspecified atom stereocenters. The molecule has 2 N–H and O–H groups in total. The van der Waals surface area contributed by atoms with Crippen molar-refractivity contribution in [3.8, 4) is 11.4 Å². The van der Waals surface area contributed by atoms with Crippen molar-refractivity contribution < 1.29 is 35.6 Å². The Hall–Kier alpha value is -4.14. The first-order chi connectivity index (χ1) is 21.1. The van der Waals surface area contributed by atoms with Crippen molar-refractivity contribution in [2.24, 2.45) is 5.73 Å². The van der Waals surface area contributed by atoms with Gasteiger partial charge < -0.3 is 20.3 Å². The summed E-state index contributed by atoms with van der Waals surface area (Å²) in [4.78, 5) is 40.1. The number of methoxy groups -OCH3 is 1. The van der Waals surface area contributed by atoms with E-state index in [-0.39, 0.29) is 10.6 Å². The second kappa shape index (κ2) is 8.66. The molecule has 3 aromatic rings. The summed E-state index contributed by atoms with van der Waals surface area (Å²) in [6.07, 6.45) is -10.1. The second-order valence-corrected chi connectivity index (χ2v) is 7.13. The fourth-order valence-electron chi connectivity index (χ4n) is 3.49.